The van der Waals surface area contributed by atoms with Crippen molar-refractivity contribution in [2.75, 3.05) is 5.32 Å². The van der Waals surface area contributed by atoms with Gasteiger partial charge in [-0.3, -0.25) is 4.79 Å². The van der Waals surface area contributed by atoms with Crippen LogP contribution in [0.2, 0.25) is 5.02 Å². The average Bonchev–Trinajstić information content (AvgIpc) is 2.36. The number of benzene rings is 2. The molecule has 0 aliphatic heterocycles. The van der Waals surface area contributed by atoms with Crippen LogP contribution >= 0.6 is 27.5 Å². The Morgan fingerprint density at radius 3 is 2.63 bits per heavy atom. The molecule has 0 spiro atoms. The van der Waals surface area contributed by atoms with E-state index in [0.717, 1.165) is 4.47 Å². The monoisotopic (exact) mass is 339 g/mol. The van der Waals surface area contributed by atoms with Gasteiger partial charge in [0.1, 0.15) is 5.75 Å². The summed E-state index contributed by atoms with van der Waals surface area (Å²) in [6, 6.07) is 9.90. The molecule has 3 nitrogen and oxygen atoms in total. The Morgan fingerprint density at radius 2 is 2.00 bits per heavy atom. The molecule has 0 heterocycles. The first-order chi connectivity index (χ1) is 8.97. The summed E-state index contributed by atoms with van der Waals surface area (Å²) in [4.78, 5) is 12.1. The Hall–Kier alpha value is -1.52. The molecule has 2 rings (SSSR count). The number of carbonyl (C=O) groups is 1. The highest BCUT2D eigenvalue weighted by atomic mass is 79.9. The number of hydrogen-bond donors (Lipinski definition) is 2. The summed E-state index contributed by atoms with van der Waals surface area (Å²) >= 11 is 9.33. The second-order valence-corrected chi connectivity index (χ2v) is 5.40. The highest BCUT2D eigenvalue weighted by molar-refractivity contribution is 9.10. The van der Waals surface area contributed by atoms with Crippen LogP contribution in [0.4, 0.5) is 5.69 Å². The van der Waals surface area contributed by atoms with Gasteiger partial charge in [-0.25, -0.2) is 0 Å². The predicted molar refractivity (Wildman–Crippen MR) is 79.9 cm³/mol. The first-order valence-electron chi connectivity index (χ1n) is 5.53. The van der Waals surface area contributed by atoms with E-state index >= 15 is 0 Å². The van der Waals surface area contributed by atoms with Crippen molar-refractivity contribution in [3.63, 3.8) is 0 Å². The molecule has 0 radical (unpaired) electrons. The number of nitrogens with one attached hydrogen (secondary N) is 1. The van der Waals surface area contributed by atoms with E-state index in [1.54, 1.807) is 37.3 Å². The number of amides is 1. The molecule has 5 heteroatoms. The minimum absolute atomic E-state index is 0.165. The smallest absolute Gasteiger partial charge is 0.255 e. The van der Waals surface area contributed by atoms with E-state index in [2.05, 4.69) is 21.2 Å². The van der Waals surface area contributed by atoms with Gasteiger partial charge >= 0.3 is 0 Å². The molecule has 0 bridgehead atoms. The minimum Gasteiger partial charge on any atom is -0.508 e. The Labute approximate surface area is 124 Å². The lowest BCUT2D eigenvalue weighted by molar-refractivity contribution is 0.102. The molecule has 2 aromatic rings. The van der Waals surface area contributed by atoms with Gasteiger partial charge in [0.25, 0.3) is 5.91 Å². The van der Waals surface area contributed by atoms with Crippen LogP contribution in [0.15, 0.2) is 40.9 Å². The van der Waals surface area contributed by atoms with Crippen LogP contribution < -0.4 is 5.32 Å². The maximum atomic E-state index is 12.1. The molecule has 0 aliphatic carbocycles. The Morgan fingerprint density at radius 1 is 1.26 bits per heavy atom. The van der Waals surface area contributed by atoms with E-state index in [4.69, 9.17) is 11.6 Å². The highest BCUT2D eigenvalue weighted by Gasteiger charge is 2.10. The quantitative estimate of drug-likeness (QED) is 0.853. The lowest BCUT2D eigenvalue weighted by atomic mass is 10.1. The van der Waals surface area contributed by atoms with Crippen LogP contribution in [0, 0.1) is 6.92 Å². The second-order valence-electron chi connectivity index (χ2n) is 4.08. The number of hydrogen-bond acceptors (Lipinski definition) is 2. The fraction of sp³-hybridized carbons (Fsp3) is 0.0714. The van der Waals surface area contributed by atoms with Crippen LogP contribution in [0.5, 0.6) is 5.75 Å². The fourth-order valence-electron chi connectivity index (χ4n) is 1.58. The summed E-state index contributed by atoms with van der Waals surface area (Å²) in [6.07, 6.45) is 0. The summed E-state index contributed by atoms with van der Waals surface area (Å²) in [5, 5.41) is 12.6. The summed E-state index contributed by atoms with van der Waals surface area (Å²) in [7, 11) is 0. The lowest BCUT2D eigenvalue weighted by Crippen LogP contribution is -2.12. The van der Waals surface area contributed by atoms with E-state index in [1.807, 2.05) is 0 Å². The van der Waals surface area contributed by atoms with Crippen LogP contribution in [0.1, 0.15) is 15.9 Å². The van der Waals surface area contributed by atoms with E-state index in [0.29, 0.717) is 21.8 Å². The summed E-state index contributed by atoms with van der Waals surface area (Å²) in [6.45, 7) is 1.73. The zero-order valence-corrected chi connectivity index (χ0v) is 12.4. The number of rotatable bonds is 2. The predicted octanol–water partition coefficient (Wildman–Crippen LogP) is 4.37. The van der Waals surface area contributed by atoms with Gasteiger partial charge < -0.3 is 10.4 Å². The summed E-state index contributed by atoms with van der Waals surface area (Å²) < 4.78 is 0.843. The normalized spacial score (nSPS) is 10.3. The summed E-state index contributed by atoms with van der Waals surface area (Å²) in [5.74, 6) is -0.106. The maximum Gasteiger partial charge on any atom is 0.255 e. The van der Waals surface area contributed by atoms with E-state index in [9.17, 15) is 9.90 Å². The van der Waals surface area contributed by atoms with Crippen molar-refractivity contribution in [1.82, 2.24) is 0 Å². The number of phenols is 1. The molecule has 98 valence electrons. The van der Waals surface area contributed by atoms with E-state index in [1.165, 1.54) is 6.07 Å². The number of anilines is 1. The van der Waals surface area contributed by atoms with Gasteiger partial charge in [-0.15, -0.1) is 0 Å². The van der Waals surface area contributed by atoms with Crippen molar-refractivity contribution < 1.29 is 9.90 Å². The summed E-state index contributed by atoms with van der Waals surface area (Å²) in [5.41, 5.74) is 1.66. The first kappa shape index (κ1) is 13.9. The van der Waals surface area contributed by atoms with Crippen molar-refractivity contribution in [3.05, 3.63) is 57.0 Å². The molecule has 2 N–H and O–H groups in total. The molecule has 0 saturated heterocycles. The number of carbonyl (C=O) groups excluding carboxylic acids is 1. The molecular formula is C14H11BrClNO2. The molecule has 0 fully saturated rings. The lowest BCUT2D eigenvalue weighted by Gasteiger charge is -2.08. The van der Waals surface area contributed by atoms with E-state index < -0.39 is 0 Å². The zero-order chi connectivity index (χ0) is 14.0. The molecule has 0 aliphatic rings. The SMILES string of the molecule is Cc1cc(C(=O)Nc2ccc(Br)cc2Cl)ccc1O. The second kappa shape index (κ2) is 5.63. The molecule has 0 atom stereocenters. The van der Waals surface area contributed by atoms with Crippen molar-refractivity contribution in [1.29, 1.82) is 0 Å². The third-order valence-corrected chi connectivity index (χ3v) is 3.44. The molecule has 2 aromatic carbocycles. The van der Waals surface area contributed by atoms with Crippen molar-refractivity contribution in [3.8, 4) is 5.75 Å². The van der Waals surface area contributed by atoms with Crippen LogP contribution in [-0.2, 0) is 0 Å². The van der Waals surface area contributed by atoms with Crippen LogP contribution in [0.25, 0.3) is 0 Å². The van der Waals surface area contributed by atoms with Crippen LogP contribution in [0.3, 0.4) is 0 Å². The number of phenolic OH excluding ortho intramolecular Hbond substituents is 1. The number of aryl methyl sites for hydroxylation is 1. The average molecular weight is 341 g/mol. The Balaban J connectivity index is 2.23. The highest BCUT2D eigenvalue weighted by Crippen LogP contribution is 2.26. The van der Waals surface area contributed by atoms with Gasteiger partial charge in [0, 0.05) is 10.0 Å². The number of aromatic hydroxyl groups is 1. The topological polar surface area (TPSA) is 49.3 Å². The Kier molecular flexibility index (Phi) is 4.12. The van der Waals surface area contributed by atoms with E-state index in [-0.39, 0.29) is 11.7 Å². The third-order valence-electron chi connectivity index (χ3n) is 2.64. The largest absolute Gasteiger partial charge is 0.508 e. The molecule has 0 aromatic heterocycles. The van der Waals surface area contributed by atoms with Gasteiger partial charge in [-0.05, 0) is 48.9 Å². The fourth-order valence-corrected chi connectivity index (χ4v) is 2.30. The maximum absolute atomic E-state index is 12.1. The third kappa shape index (κ3) is 3.28. The van der Waals surface area contributed by atoms with Gasteiger partial charge in [-0.1, -0.05) is 27.5 Å². The van der Waals surface area contributed by atoms with Crippen molar-refractivity contribution in [2.24, 2.45) is 0 Å². The molecule has 0 unspecified atom stereocenters. The van der Waals surface area contributed by atoms with Gasteiger partial charge in [-0.2, -0.15) is 0 Å². The molecular weight excluding hydrogens is 330 g/mol. The number of halogens is 2. The zero-order valence-electron chi connectivity index (χ0n) is 10.1. The van der Waals surface area contributed by atoms with Crippen LogP contribution in [-0.4, -0.2) is 11.0 Å². The van der Waals surface area contributed by atoms with Crippen molar-refractivity contribution in [2.45, 2.75) is 6.92 Å². The standard InChI is InChI=1S/C14H11BrClNO2/c1-8-6-9(2-5-13(8)18)14(19)17-12-4-3-10(15)7-11(12)16/h2-7,18H,1H3,(H,17,19). The minimum atomic E-state index is -0.271. The van der Waals surface area contributed by atoms with Gasteiger partial charge in [0.05, 0.1) is 10.7 Å². The van der Waals surface area contributed by atoms with Gasteiger partial charge in [0.15, 0.2) is 0 Å². The Bertz CT molecular complexity index is 643. The van der Waals surface area contributed by atoms with Crippen molar-refractivity contribution >= 4 is 39.1 Å². The molecule has 0 saturated carbocycles. The first-order valence-corrected chi connectivity index (χ1v) is 6.70. The molecule has 19 heavy (non-hydrogen) atoms. The van der Waals surface area contributed by atoms with Gasteiger partial charge in [0.2, 0.25) is 0 Å². The molecule has 1 amide bonds.